The first-order valence-corrected chi connectivity index (χ1v) is 7.24. The van der Waals surface area contributed by atoms with Gasteiger partial charge in [-0.15, -0.1) is 0 Å². The fourth-order valence-electron chi connectivity index (χ4n) is 1.64. The molecule has 2 atom stereocenters. The van der Waals surface area contributed by atoms with Crippen molar-refractivity contribution < 1.29 is 4.79 Å². The largest absolute Gasteiger partial charge is 0.366 e. The normalized spacial score (nSPS) is 14.5. The lowest BCUT2D eigenvalue weighted by atomic mass is 9.99. The molecule has 1 aromatic rings. The molecule has 0 saturated carbocycles. The number of amidine groups is 1. The summed E-state index contributed by atoms with van der Waals surface area (Å²) in [7, 11) is 3.90. The van der Waals surface area contributed by atoms with Crippen molar-refractivity contribution in [2.75, 3.05) is 19.4 Å². The van der Waals surface area contributed by atoms with E-state index in [-0.39, 0.29) is 11.8 Å². The molecule has 116 valence electrons. The minimum atomic E-state index is -0.483. The Kier molecular flexibility index (Phi) is 6.37. The minimum absolute atomic E-state index is 0.148. The highest BCUT2D eigenvalue weighted by atomic mass is 16.2. The third kappa shape index (κ3) is 5.19. The molecule has 0 bridgehead atoms. The minimum Gasteiger partial charge on any atom is -0.366 e. The average Bonchev–Trinajstić information content (AvgIpc) is 2.47. The van der Waals surface area contributed by atoms with Crippen molar-refractivity contribution in [2.24, 2.45) is 16.6 Å². The number of nitrogens with zero attached hydrogens (tertiary/aromatic N) is 2. The number of amides is 1. The van der Waals surface area contributed by atoms with Gasteiger partial charge in [0.1, 0.15) is 5.84 Å². The second-order valence-electron chi connectivity index (χ2n) is 5.50. The van der Waals surface area contributed by atoms with Crippen molar-refractivity contribution in [2.45, 2.75) is 33.2 Å². The highest BCUT2D eigenvalue weighted by molar-refractivity contribution is 5.95. The Labute approximate surface area is 127 Å². The van der Waals surface area contributed by atoms with E-state index < -0.39 is 6.04 Å². The molecule has 0 unspecified atom stereocenters. The fourth-order valence-corrected chi connectivity index (χ4v) is 1.64. The third-order valence-electron chi connectivity index (χ3n) is 3.63. The Bertz CT molecular complexity index is 494. The molecule has 5 nitrogen and oxygen atoms in total. The molecular weight excluding hydrogens is 264 g/mol. The van der Waals surface area contributed by atoms with Crippen molar-refractivity contribution in [3.8, 4) is 0 Å². The Morgan fingerprint density at radius 1 is 1.33 bits per heavy atom. The number of benzene rings is 1. The van der Waals surface area contributed by atoms with E-state index in [1.165, 1.54) is 0 Å². The molecular formula is C16H26N4O. The molecule has 0 aromatic heterocycles. The Morgan fingerprint density at radius 3 is 2.38 bits per heavy atom. The van der Waals surface area contributed by atoms with Gasteiger partial charge in [-0.05, 0) is 37.1 Å². The number of hydrogen-bond acceptors (Lipinski definition) is 3. The highest BCUT2D eigenvalue weighted by Gasteiger charge is 2.19. The predicted molar refractivity (Wildman–Crippen MR) is 89.0 cm³/mol. The molecule has 0 aliphatic heterocycles. The van der Waals surface area contributed by atoms with Crippen LogP contribution in [0.15, 0.2) is 29.3 Å². The summed E-state index contributed by atoms with van der Waals surface area (Å²) in [4.78, 5) is 18.4. The summed E-state index contributed by atoms with van der Waals surface area (Å²) >= 11 is 0. The number of rotatable bonds is 5. The van der Waals surface area contributed by atoms with Gasteiger partial charge in [0.25, 0.3) is 0 Å². The van der Waals surface area contributed by atoms with E-state index in [9.17, 15) is 4.79 Å². The SMILES string of the molecule is CC[C@H](C)[C@H](N)C(=O)Nc1ccc(N=C(C)N(C)C)cc1. The molecule has 0 heterocycles. The number of anilines is 1. The second-order valence-corrected chi connectivity index (χ2v) is 5.50. The van der Waals surface area contributed by atoms with E-state index in [1.54, 1.807) is 0 Å². The summed E-state index contributed by atoms with van der Waals surface area (Å²) in [5.41, 5.74) is 7.50. The van der Waals surface area contributed by atoms with Gasteiger partial charge < -0.3 is 16.0 Å². The van der Waals surface area contributed by atoms with Crippen LogP contribution in [0.4, 0.5) is 11.4 Å². The van der Waals surface area contributed by atoms with E-state index >= 15 is 0 Å². The van der Waals surface area contributed by atoms with E-state index in [2.05, 4.69) is 10.3 Å². The maximum Gasteiger partial charge on any atom is 0.241 e. The van der Waals surface area contributed by atoms with Crippen LogP contribution in [0.5, 0.6) is 0 Å². The predicted octanol–water partition coefficient (Wildman–Crippen LogP) is 2.61. The van der Waals surface area contributed by atoms with E-state index in [4.69, 9.17) is 5.73 Å². The molecule has 0 spiro atoms. The first-order chi connectivity index (χ1) is 9.85. The van der Waals surface area contributed by atoms with Crippen LogP contribution in [0.1, 0.15) is 27.2 Å². The summed E-state index contributed by atoms with van der Waals surface area (Å²) in [6, 6.07) is 6.93. The van der Waals surface area contributed by atoms with Gasteiger partial charge in [0.05, 0.1) is 11.7 Å². The molecule has 0 radical (unpaired) electrons. The molecule has 3 N–H and O–H groups in total. The lowest BCUT2D eigenvalue weighted by Crippen LogP contribution is -2.40. The Morgan fingerprint density at radius 2 is 1.90 bits per heavy atom. The Balaban J connectivity index is 2.71. The van der Waals surface area contributed by atoms with Gasteiger partial charge in [-0.2, -0.15) is 0 Å². The van der Waals surface area contributed by atoms with Crippen LogP contribution in [0.25, 0.3) is 0 Å². The van der Waals surface area contributed by atoms with Crippen LogP contribution in [-0.2, 0) is 4.79 Å². The summed E-state index contributed by atoms with van der Waals surface area (Å²) < 4.78 is 0. The highest BCUT2D eigenvalue weighted by Crippen LogP contribution is 2.17. The molecule has 1 aromatic carbocycles. The van der Waals surface area contributed by atoms with Crippen molar-refractivity contribution in [1.82, 2.24) is 4.90 Å². The molecule has 5 heteroatoms. The zero-order valence-corrected chi connectivity index (χ0v) is 13.6. The van der Waals surface area contributed by atoms with Gasteiger partial charge in [0, 0.05) is 19.8 Å². The van der Waals surface area contributed by atoms with Crippen LogP contribution in [-0.4, -0.2) is 36.8 Å². The summed E-state index contributed by atoms with van der Waals surface area (Å²) in [5.74, 6) is 0.937. The zero-order valence-electron chi connectivity index (χ0n) is 13.6. The maximum atomic E-state index is 12.0. The van der Waals surface area contributed by atoms with Crippen molar-refractivity contribution in [3.05, 3.63) is 24.3 Å². The standard InChI is InChI=1S/C16H26N4O/c1-6-11(2)15(17)16(21)19-14-9-7-13(8-10-14)18-12(3)20(4)5/h7-11,15H,6,17H2,1-5H3,(H,19,21)/t11-,15-/m0/s1. The fraction of sp³-hybridized carbons (Fsp3) is 0.500. The monoisotopic (exact) mass is 290 g/mol. The number of nitrogens with one attached hydrogen (secondary N) is 1. The average molecular weight is 290 g/mol. The first-order valence-electron chi connectivity index (χ1n) is 7.24. The Hall–Kier alpha value is -1.88. The molecule has 1 rings (SSSR count). The van der Waals surface area contributed by atoms with Crippen LogP contribution in [0.2, 0.25) is 0 Å². The summed E-state index contributed by atoms with van der Waals surface area (Å²) in [5, 5.41) is 2.84. The molecule has 1 amide bonds. The molecule has 0 aliphatic carbocycles. The van der Waals surface area contributed by atoms with Gasteiger partial charge in [-0.3, -0.25) is 4.79 Å². The van der Waals surface area contributed by atoms with E-state index in [0.29, 0.717) is 0 Å². The van der Waals surface area contributed by atoms with Crippen molar-refractivity contribution >= 4 is 23.1 Å². The van der Waals surface area contributed by atoms with Gasteiger partial charge in [0.2, 0.25) is 5.91 Å². The lowest BCUT2D eigenvalue weighted by molar-refractivity contribution is -0.118. The number of aliphatic imine (C=N–C) groups is 1. The van der Waals surface area contributed by atoms with Crippen LogP contribution < -0.4 is 11.1 Å². The molecule has 0 aliphatic rings. The summed E-state index contributed by atoms with van der Waals surface area (Å²) in [6.45, 7) is 5.95. The lowest BCUT2D eigenvalue weighted by Gasteiger charge is -2.17. The number of carbonyl (C=O) groups excluding carboxylic acids is 1. The van der Waals surface area contributed by atoms with Crippen LogP contribution in [0, 0.1) is 5.92 Å². The van der Waals surface area contributed by atoms with E-state index in [0.717, 1.165) is 23.6 Å². The van der Waals surface area contributed by atoms with Crippen molar-refractivity contribution in [1.29, 1.82) is 0 Å². The molecule has 0 saturated heterocycles. The van der Waals surface area contributed by atoms with Crippen LogP contribution >= 0.6 is 0 Å². The van der Waals surface area contributed by atoms with Gasteiger partial charge in [0.15, 0.2) is 0 Å². The smallest absolute Gasteiger partial charge is 0.241 e. The quantitative estimate of drug-likeness (QED) is 0.647. The van der Waals surface area contributed by atoms with Crippen LogP contribution in [0.3, 0.4) is 0 Å². The number of carbonyl (C=O) groups is 1. The first kappa shape index (κ1) is 17.2. The summed E-state index contributed by atoms with van der Waals surface area (Å²) in [6.07, 6.45) is 0.881. The van der Waals surface area contributed by atoms with E-state index in [1.807, 2.05) is 64.0 Å². The topological polar surface area (TPSA) is 70.7 Å². The van der Waals surface area contributed by atoms with Gasteiger partial charge in [-0.25, -0.2) is 4.99 Å². The molecule has 0 fully saturated rings. The zero-order chi connectivity index (χ0) is 16.0. The number of nitrogens with two attached hydrogens (primary N) is 1. The second kappa shape index (κ2) is 7.78. The van der Waals surface area contributed by atoms with Gasteiger partial charge in [-0.1, -0.05) is 20.3 Å². The van der Waals surface area contributed by atoms with Crippen molar-refractivity contribution in [3.63, 3.8) is 0 Å². The maximum absolute atomic E-state index is 12.0. The number of hydrogen-bond donors (Lipinski definition) is 2. The molecule has 21 heavy (non-hydrogen) atoms. The van der Waals surface area contributed by atoms with Gasteiger partial charge >= 0.3 is 0 Å². The third-order valence-corrected chi connectivity index (χ3v) is 3.63.